The van der Waals surface area contributed by atoms with E-state index in [9.17, 15) is 4.79 Å². The van der Waals surface area contributed by atoms with Crippen LogP contribution in [0.25, 0.3) is 0 Å². The zero-order valence-electron chi connectivity index (χ0n) is 6.87. The summed E-state index contributed by atoms with van der Waals surface area (Å²) in [5, 5.41) is 17.4. The van der Waals surface area contributed by atoms with Crippen molar-refractivity contribution in [2.24, 2.45) is 0 Å². The monoisotopic (exact) mass is 158 g/mol. The van der Waals surface area contributed by atoms with E-state index in [4.69, 9.17) is 10.2 Å². The third-order valence-electron chi connectivity index (χ3n) is 1.40. The molecule has 0 saturated heterocycles. The Morgan fingerprint density at radius 2 is 2.18 bits per heavy atom. The lowest BCUT2D eigenvalue weighted by molar-refractivity contribution is -0.131. The third-order valence-corrected chi connectivity index (χ3v) is 1.40. The van der Waals surface area contributed by atoms with Crippen LogP contribution < -0.4 is 0 Å². The normalized spacial score (nSPS) is 14.6. The van der Waals surface area contributed by atoms with Crippen molar-refractivity contribution in [3.63, 3.8) is 0 Å². The predicted octanol–water partition coefficient (Wildman–Crippen LogP) is 1.18. The van der Waals surface area contributed by atoms with Crippen molar-refractivity contribution in [1.82, 2.24) is 0 Å². The fraction of sp³-hybridized carbons (Fsp3) is 0.625. The van der Waals surface area contributed by atoms with Gasteiger partial charge in [0.2, 0.25) is 0 Å². The van der Waals surface area contributed by atoms with E-state index in [1.807, 2.05) is 6.92 Å². The lowest BCUT2D eigenvalue weighted by Crippen LogP contribution is -2.05. The number of aliphatic hydroxyl groups excluding tert-OH is 1. The molecule has 0 aromatic carbocycles. The highest BCUT2D eigenvalue weighted by molar-refractivity contribution is 5.80. The first-order chi connectivity index (χ1) is 5.06. The molecule has 0 fully saturated rings. The van der Waals surface area contributed by atoms with Gasteiger partial charge in [0.15, 0.2) is 0 Å². The lowest BCUT2D eigenvalue weighted by atomic mass is 10.1. The lowest BCUT2D eigenvalue weighted by Gasteiger charge is -2.05. The molecule has 0 aliphatic carbocycles. The SMILES string of the molecule is CCC(O)C/C(C)=C\C(=O)O. The van der Waals surface area contributed by atoms with E-state index in [1.54, 1.807) is 6.92 Å². The zero-order valence-corrected chi connectivity index (χ0v) is 6.87. The van der Waals surface area contributed by atoms with Crippen LogP contribution in [0.1, 0.15) is 26.7 Å². The Balaban J connectivity index is 3.85. The molecule has 11 heavy (non-hydrogen) atoms. The molecule has 0 amide bonds. The maximum atomic E-state index is 10.1. The maximum absolute atomic E-state index is 10.1. The van der Waals surface area contributed by atoms with Gasteiger partial charge in [0.25, 0.3) is 0 Å². The van der Waals surface area contributed by atoms with E-state index >= 15 is 0 Å². The second-order valence-electron chi connectivity index (χ2n) is 2.60. The van der Waals surface area contributed by atoms with Gasteiger partial charge in [-0.05, 0) is 19.8 Å². The fourth-order valence-corrected chi connectivity index (χ4v) is 0.786. The molecule has 1 atom stereocenters. The number of carboxylic acids is 1. The Kier molecular flexibility index (Phi) is 4.54. The van der Waals surface area contributed by atoms with Crippen LogP contribution in [0.4, 0.5) is 0 Å². The van der Waals surface area contributed by atoms with Gasteiger partial charge in [-0.15, -0.1) is 0 Å². The standard InChI is InChI=1S/C8H14O3/c1-3-7(9)4-6(2)5-8(10)11/h5,7,9H,3-4H2,1-2H3,(H,10,11)/b6-5-. The van der Waals surface area contributed by atoms with Crippen LogP contribution in [0.3, 0.4) is 0 Å². The zero-order chi connectivity index (χ0) is 8.85. The van der Waals surface area contributed by atoms with Crippen LogP contribution in [0.5, 0.6) is 0 Å². The largest absolute Gasteiger partial charge is 0.478 e. The maximum Gasteiger partial charge on any atom is 0.328 e. The molecule has 64 valence electrons. The smallest absolute Gasteiger partial charge is 0.328 e. The Morgan fingerprint density at radius 1 is 1.64 bits per heavy atom. The average molecular weight is 158 g/mol. The van der Waals surface area contributed by atoms with E-state index in [2.05, 4.69) is 0 Å². The molecule has 3 heteroatoms. The molecule has 0 aromatic heterocycles. The summed E-state index contributed by atoms with van der Waals surface area (Å²) in [6, 6.07) is 0. The number of carbonyl (C=O) groups is 1. The minimum atomic E-state index is -0.953. The summed E-state index contributed by atoms with van der Waals surface area (Å²) < 4.78 is 0. The van der Waals surface area contributed by atoms with Crippen LogP contribution in [0, 0.1) is 0 Å². The van der Waals surface area contributed by atoms with Crippen molar-refractivity contribution in [3.05, 3.63) is 11.6 Å². The molecule has 0 saturated carbocycles. The molecule has 0 spiro atoms. The molecule has 0 aliphatic heterocycles. The first-order valence-electron chi connectivity index (χ1n) is 3.64. The van der Waals surface area contributed by atoms with Crippen molar-refractivity contribution >= 4 is 5.97 Å². The number of aliphatic hydroxyl groups is 1. The fourth-order valence-electron chi connectivity index (χ4n) is 0.786. The predicted molar refractivity (Wildman–Crippen MR) is 42.3 cm³/mol. The van der Waals surface area contributed by atoms with Crippen LogP contribution in [0.15, 0.2) is 11.6 Å². The Morgan fingerprint density at radius 3 is 2.55 bits per heavy atom. The van der Waals surface area contributed by atoms with Gasteiger partial charge in [0.05, 0.1) is 6.10 Å². The number of aliphatic carboxylic acids is 1. The van der Waals surface area contributed by atoms with Gasteiger partial charge in [-0.1, -0.05) is 12.5 Å². The van der Waals surface area contributed by atoms with Crippen molar-refractivity contribution in [3.8, 4) is 0 Å². The quantitative estimate of drug-likeness (QED) is 0.604. The number of hydrogen-bond acceptors (Lipinski definition) is 2. The summed E-state index contributed by atoms with van der Waals surface area (Å²) in [7, 11) is 0. The van der Waals surface area contributed by atoms with Gasteiger partial charge in [-0.2, -0.15) is 0 Å². The van der Waals surface area contributed by atoms with Crippen molar-refractivity contribution in [1.29, 1.82) is 0 Å². The van der Waals surface area contributed by atoms with E-state index in [0.717, 1.165) is 6.08 Å². The van der Waals surface area contributed by atoms with Gasteiger partial charge < -0.3 is 10.2 Å². The molecule has 0 aromatic rings. The first-order valence-corrected chi connectivity index (χ1v) is 3.64. The molecule has 1 unspecified atom stereocenters. The van der Waals surface area contributed by atoms with Crippen molar-refractivity contribution < 1.29 is 15.0 Å². The molecule has 3 nitrogen and oxygen atoms in total. The van der Waals surface area contributed by atoms with Crippen LogP contribution in [0.2, 0.25) is 0 Å². The van der Waals surface area contributed by atoms with Crippen LogP contribution in [-0.2, 0) is 4.79 Å². The van der Waals surface area contributed by atoms with Crippen molar-refractivity contribution in [2.45, 2.75) is 32.8 Å². The molecule has 0 rings (SSSR count). The van der Waals surface area contributed by atoms with Crippen LogP contribution >= 0.6 is 0 Å². The minimum Gasteiger partial charge on any atom is -0.478 e. The molecule has 0 radical (unpaired) electrons. The van der Waals surface area contributed by atoms with E-state index in [0.29, 0.717) is 18.4 Å². The molecule has 0 bridgehead atoms. The summed E-state index contributed by atoms with van der Waals surface area (Å²) in [6.07, 6.45) is 1.82. The molecule has 2 N–H and O–H groups in total. The Labute approximate surface area is 66.4 Å². The van der Waals surface area contributed by atoms with E-state index < -0.39 is 12.1 Å². The van der Waals surface area contributed by atoms with Gasteiger partial charge in [0, 0.05) is 6.08 Å². The highest BCUT2D eigenvalue weighted by atomic mass is 16.4. The molecule has 0 heterocycles. The van der Waals surface area contributed by atoms with Gasteiger partial charge in [0.1, 0.15) is 0 Å². The minimum absolute atomic E-state index is 0.411. The van der Waals surface area contributed by atoms with Gasteiger partial charge >= 0.3 is 5.97 Å². The Hall–Kier alpha value is -0.830. The highest BCUT2D eigenvalue weighted by Gasteiger charge is 2.02. The van der Waals surface area contributed by atoms with Crippen LogP contribution in [-0.4, -0.2) is 22.3 Å². The molecule has 0 aliphatic rings. The number of carboxylic acid groups (broad SMARTS) is 1. The average Bonchev–Trinajstić information content (AvgIpc) is 1.85. The highest BCUT2D eigenvalue weighted by Crippen LogP contribution is 2.06. The second-order valence-corrected chi connectivity index (χ2v) is 2.60. The summed E-state index contributed by atoms with van der Waals surface area (Å²) in [4.78, 5) is 10.1. The summed E-state index contributed by atoms with van der Waals surface area (Å²) in [5.74, 6) is -0.953. The molecular weight excluding hydrogens is 144 g/mol. The summed E-state index contributed by atoms with van der Waals surface area (Å²) in [6.45, 7) is 3.56. The van der Waals surface area contributed by atoms with E-state index in [-0.39, 0.29) is 0 Å². The van der Waals surface area contributed by atoms with Crippen molar-refractivity contribution in [2.75, 3.05) is 0 Å². The van der Waals surface area contributed by atoms with Gasteiger partial charge in [-0.3, -0.25) is 0 Å². The van der Waals surface area contributed by atoms with Gasteiger partial charge in [-0.25, -0.2) is 4.79 Å². The molecular formula is C8H14O3. The Bertz CT molecular complexity index is 161. The first kappa shape index (κ1) is 10.2. The summed E-state index contributed by atoms with van der Waals surface area (Å²) >= 11 is 0. The second kappa shape index (κ2) is 4.91. The summed E-state index contributed by atoms with van der Waals surface area (Å²) in [5.41, 5.74) is 0.701. The topological polar surface area (TPSA) is 57.5 Å². The third kappa shape index (κ3) is 5.61. The van der Waals surface area contributed by atoms with E-state index in [1.165, 1.54) is 0 Å². The number of rotatable bonds is 4. The number of hydrogen-bond donors (Lipinski definition) is 2.